The van der Waals surface area contributed by atoms with E-state index < -0.39 is 0 Å². The predicted molar refractivity (Wildman–Crippen MR) is 153 cm³/mol. The van der Waals surface area contributed by atoms with E-state index in [0.29, 0.717) is 11.8 Å². The van der Waals surface area contributed by atoms with Gasteiger partial charge in [0.15, 0.2) is 0 Å². The van der Waals surface area contributed by atoms with Gasteiger partial charge < -0.3 is 10.2 Å². The molecule has 2 aromatic carbocycles. The van der Waals surface area contributed by atoms with E-state index in [4.69, 9.17) is 0 Å². The van der Waals surface area contributed by atoms with Crippen LogP contribution in [0.5, 0.6) is 0 Å². The summed E-state index contributed by atoms with van der Waals surface area (Å²) >= 11 is 0. The van der Waals surface area contributed by atoms with Gasteiger partial charge in [0.1, 0.15) is 0 Å². The number of rotatable bonds is 6. The number of hydrogen-bond donors (Lipinski definition) is 1. The summed E-state index contributed by atoms with van der Waals surface area (Å²) in [7, 11) is 0. The molecule has 0 radical (unpaired) electrons. The number of aliphatic imine (C=N–C) groups is 1. The first-order valence-corrected chi connectivity index (χ1v) is 13.9. The molecule has 3 nitrogen and oxygen atoms in total. The number of nitrogens with zero attached hydrogens (tertiary/aromatic N) is 2. The Hall–Kier alpha value is -2.91. The van der Waals surface area contributed by atoms with Crippen LogP contribution < -0.4 is 5.32 Å². The fraction of sp³-hybridized carbons (Fsp3) is 0.424. The summed E-state index contributed by atoms with van der Waals surface area (Å²) < 4.78 is 0. The van der Waals surface area contributed by atoms with Crippen LogP contribution in [0.3, 0.4) is 0 Å². The van der Waals surface area contributed by atoms with Gasteiger partial charge in [0.2, 0.25) is 0 Å². The van der Waals surface area contributed by atoms with Gasteiger partial charge in [0.25, 0.3) is 0 Å². The second-order valence-electron chi connectivity index (χ2n) is 11.4. The molecule has 1 N–H and O–H groups in total. The van der Waals surface area contributed by atoms with Crippen LogP contribution in [0.25, 0.3) is 6.08 Å². The van der Waals surface area contributed by atoms with Crippen molar-refractivity contribution < 1.29 is 0 Å². The smallest absolute Gasteiger partial charge is 0.0853 e. The minimum Gasteiger partial charge on any atom is -0.383 e. The van der Waals surface area contributed by atoms with Gasteiger partial charge in [-0.05, 0) is 92.0 Å². The monoisotopic (exact) mass is 477 g/mol. The number of para-hydroxylation sites is 2. The maximum absolute atomic E-state index is 4.13. The van der Waals surface area contributed by atoms with Crippen molar-refractivity contribution in [1.29, 1.82) is 0 Å². The highest BCUT2D eigenvalue weighted by Gasteiger charge is 2.45. The zero-order valence-corrected chi connectivity index (χ0v) is 21.6. The van der Waals surface area contributed by atoms with E-state index in [1.807, 2.05) is 12.1 Å². The molecule has 36 heavy (non-hydrogen) atoms. The molecule has 3 heteroatoms. The van der Waals surface area contributed by atoms with E-state index in [9.17, 15) is 0 Å². The molecule has 1 heterocycles. The molecule has 6 rings (SSSR count). The largest absolute Gasteiger partial charge is 0.383 e. The predicted octanol–water partition coefficient (Wildman–Crippen LogP) is 7.41. The molecular weight excluding hydrogens is 438 g/mol. The first-order chi connectivity index (χ1) is 17.7. The molecular formula is C33H39N3. The standard InChI is InChI=1S/C33H39N3/c1-24-23-36(20-19-33(24)18-17-27-7-3-4-8-30(27)33)29-16-15-28(21-29)26-13-11-25(12-14-26)22-35-32-10-6-5-9-31(32)34-2/h3-11,13-14,17-18,24-25,28-29,35H,2,12,15-16,19-23H2,1H3. The first kappa shape index (κ1) is 23.5. The van der Waals surface area contributed by atoms with E-state index in [2.05, 4.69) is 95.6 Å². The van der Waals surface area contributed by atoms with Gasteiger partial charge in [-0.1, -0.05) is 73.7 Å². The third-order valence-electron chi connectivity index (χ3n) is 9.46. The quantitative estimate of drug-likeness (QED) is 0.439. The van der Waals surface area contributed by atoms with Crippen molar-refractivity contribution in [3.8, 4) is 0 Å². The highest BCUT2D eigenvalue weighted by molar-refractivity contribution is 5.67. The third-order valence-corrected chi connectivity index (χ3v) is 9.46. The number of piperidine rings is 1. The normalized spacial score (nSPS) is 31.4. The fourth-order valence-electron chi connectivity index (χ4n) is 7.28. The third kappa shape index (κ3) is 4.28. The summed E-state index contributed by atoms with van der Waals surface area (Å²) in [5.41, 5.74) is 6.83. The Morgan fingerprint density at radius 2 is 1.94 bits per heavy atom. The summed E-state index contributed by atoms with van der Waals surface area (Å²) in [6.07, 6.45) is 18.6. The molecule has 1 saturated carbocycles. The zero-order valence-electron chi connectivity index (χ0n) is 21.6. The summed E-state index contributed by atoms with van der Waals surface area (Å²) in [4.78, 5) is 6.96. The van der Waals surface area contributed by atoms with Crippen LogP contribution >= 0.6 is 0 Å². The first-order valence-electron chi connectivity index (χ1n) is 13.9. The SMILES string of the molecule is C=Nc1ccccc1NCC1C=CC(C2CCC(N3CCC4(C=Cc5ccccc54)C(C)C3)C2)=CC1. The van der Waals surface area contributed by atoms with E-state index in [1.165, 1.54) is 44.3 Å². The van der Waals surface area contributed by atoms with E-state index >= 15 is 0 Å². The topological polar surface area (TPSA) is 27.6 Å². The van der Waals surface area contributed by atoms with Gasteiger partial charge in [-0.2, -0.15) is 0 Å². The summed E-state index contributed by atoms with van der Waals surface area (Å²) in [5, 5.41) is 3.57. The Kier molecular flexibility index (Phi) is 6.43. The molecule has 0 aromatic heterocycles. The lowest BCUT2D eigenvalue weighted by Gasteiger charge is -2.46. The molecule has 2 fully saturated rings. The van der Waals surface area contributed by atoms with Crippen LogP contribution in [0.15, 0.2) is 83.4 Å². The fourth-order valence-corrected chi connectivity index (χ4v) is 7.28. The molecule has 186 valence electrons. The average Bonchev–Trinajstić information content (AvgIpc) is 3.56. The van der Waals surface area contributed by atoms with Crippen molar-refractivity contribution in [2.75, 3.05) is 25.0 Å². The zero-order chi connectivity index (χ0) is 24.5. The second kappa shape index (κ2) is 9.86. The lowest BCUT2D eigenvalue weighted by atomic mass is 9.68. The maximum atomic E-state index is 4.13. The van der Waals surface area contributed by atoms with Crippen molar-refractivity contribution in [2.24, 2.45) is 22.7 Å². The number of nitrogens with one attached hydrogen (secondary N) is 1. The molecule has 0 amide bonds. The summed E-state index contributed by atoms with van der Waals surface area (Å²) in [6.45, 7) is 9.56. The summed E-state index contributed by atoms with van der Waals surface area (Å²) in [5.74, 6) is 1.92. The number of likely N-dealkylation sites (tertiary alicyclic amines) is 1. The number of benzene rings is 2. The molecule has 1 saturated heterocycles. The van der Waals surface area contributed by atoms with Crippen molar-refractivity contribution in [2.45, 2.75) is 50.5 Å². The Bertz CT molecular complexity index is 1210. The van der Waals surface area contributed by atoms with Gasteiger partial charge in [0, 0.05) is 24.5 Å². The van der Waals surface area contributed by atoms with Crippen molar-refractivity contribution in [3.63, 3.8) is 0 Å². The molecule has 5 atom stereocenters. The summed E-state index contributed by atoms with van der Waals surface area (Å²) in [6, 6.07) is 17.9. The van der Waals surface area contributed by atoms with Gasteiger partial charge in [0.05, 0.1) is 11.4 Å². The average molecular weight is 478 g/mol. The molecule has 2 aromatic rings. The Morgan fingerprint density at radius 3 is 2.78 bits per heavy atom. The van der Waals surface area contributed by atoms with Crippen LogP contribution in [-0.2, 0) is 5.41 Å². The molecule has 1 aliphatic heterocycles. The number of allylic oxidation sites excluding steroid dienone is 4. The van der Waals surface area contributed by atoms with E-state index in [0.717, 1.165) is 36.3 Å². The van der Waals surface area contributed by atoms with Crippen LogP contribution in [0, 0.1) is 17.8 Å². The van der Waals surface area contributed by atoms with Crippen LogP contribution in [-0.4, -0.2) is 37.3 Å². The Morgan fingerprint density at radius 1 is 1.08 bits per heavy atom. The highest BCUT2D eigenvalue weighted by atomic mass is 15.2. The highest BCUT2D eigenvalue weighted by Crippen LogP contribution is 2.48. The lowest BCUT2D eigenvalue weighted by Crippen LogP contribution is -2.50. The van der Waals surface area contributed by atoms with Crippen LogP contribution in [0.1, 0.15) is 50.2 Å². The number of fused-ring (bicyclic) bond motifs is 2. The molecule has 1 spiro atoms. The minimum absolute atomic E-state index is 0.255. The van der Waals surface area contributed by atoms with Gasteiger partial charge in [-0.25, -0.2) is 0 Å². The van der Waals surface area contributed by atoms with Gasteiger partial charge in [-0.3, -0.25) is 4.99 Å². The van der Waals surface area contributed by atoms with E-state index in [-0.39, 0.29) is 5.41 Å². The van der Waals surface area contributed by atoms with Crippen LogP contribution in [0.4, 0.5) is 11.4 Å². The molecule has 4 aliphatic rings. The van der Waals surface area contributed by atoms with Gasteiger partial charge in [-0.15, -0.1) is 0 Å². The molecule has 0 bridgehead atoms. The number of hydrogen-bond acceptors (Lipinski definition) is 3. The molecule has 3 aliphatic carbocycles. The van der Waals surface area contributed by atoms with E-state index in [1.54, 1.807) is 11.1 Å². The van der Waals surface area contributed by atoms with Crippen molar-refractivity contribution in [3.05, 3.63) is 89.5 Å². The molecule has 5 unspecified atom stereocenters. The number of anilines is 1. The van der Waals surface area contributed by atoms with Crippen LogP contribution in [0.2, 0.25) is 0 Å². The lowest BCUT2D eigenvalue weighted by molar-refractivity contribution is 0.0893. The second-order valence-corrected chi connectivity index (χ2v) is 11.4. The van der Waals surface area contributed by atoms with Crippen molar-refractivity contribution >= 4 is 24.2 Å². The minimum atomic E-state index is 0.255. The maximum Gasteiger partial charge on any atom is 0.0853 e. The van der Waals surface area contributed by atoms with Gasteiger partial charge >= 0.3 is 0 Å². The Balaban J connectivity index is 1.02. The van der Waals surface area contributed by atoms with Crippen molar-refractivity contribution in [1.82, 2.24) is 4.90 Å². The Labute approximate surface area is 216 Å².